The summed E-state index contributed by atoms with van der Waals surface area (Å²) in [6, 6.07) is 3.73. The smallest absolute Gasteiger partial charge is 0.309 e. The van der Waals surface area contributed by atoms with Gasteiger partial charge in [0.15, 0.2) is 0 Å². The number of benzene rings is 1. The van der Waals surface area contributed by atoms with E-state index in [1.54, 1.807) is 6.92 Å². The van der Waals surface area contributed by atoms with Crippen LogP contribution in [0.15, 0.2) is 12.1 Å². The van der Waals surface area contributed by atoms with Crippen molar-refractivity contribution in [3.8, 4) is 5.75 Å². The topological polar surface area (TPSA) is 46.5 Å². The summed E-state index contributed by atoms with van der Waals surface area (Å²) < 4.78 is 5.64. The predicted octanol–water partition coefficient (Wildman–Crippen LogP) is 3.56. The van der Waals surface area contributed by atoms with Crippen LogP contribution in [-0.4, -0.2) is 17.7 Å². The number of rotatable bonds is 4. The number of fused-ring (bicyclic) bond motifs is 1. The van der Waals surface area contributed by atoms with Gasteiger partial charge in [-0.1, -0.05) is 25.4 Å². The monoisotopic (exact) mass is 282 g/mol. The maximum absolute atomic E-state index is 11.6. The van der Waals surface area contributed by atoms with Gasteiger partial charge in [0.2, 0.25) is 0 Å². The van der Waals surface area contributed by atoms with E-state index in [2.05, 4.69) is 0 Å². The molecule has 1 aliphatic rings. The molecular formula is C15H19ClO3. The Labute approximate surface area is 118 Å². The average Bonchev–Trinajstić information content (AvgIpc) is 2.76. The lowest BCUT2D eigenvalue weighted by atomic mass is 9.74. The van der Waals surface area contributed by atoms with Gasteiger partial charge in [-0.25, -0.2) is 0 Å². The Kier molecular flexibility index (Phi) is 3.77. The number of hydrogen-bond acceptors (Lipinski definition) is 2. The Morgan fingerprint density at radius 2 is 2.21 bits per heavy atom. The van der Waals surface area contributed by atoms with Gasteiger partial charge in [0.1, 0.15) is 5.75 Å². The largest absolute Gasteiger partial charge is 0.493 e. The summed E-state index contributed by atoms with van der Waals surface area (Å²) >= 11 is 6.11. The lowest BCUT2D eigenvalue weighted by molar-refractivity contribution is -0.150. The van der Waals surface area contributed by atoms with E-state index in [0.717, 1.165) is 23.3 Å². The molecule has 4 heteroatoms. The second-order valence-electron chi connectivity index (χ2n) is 5.71. The minimum Gasteiger partial charge on any atom is -0.493 e. The molecule has 0 radical (unpaired) electrons. The molecule has 1 atom stereocenters. The van der Waals surface area contributed by atoms with E-state index >= 15 is 0 Å². The predicted molar refractivity (Wildman–Crippen MR) is 74.9 cm³/mol. The maximum atomic E-state index is 11.6. The lowest BCUT2D eigenvalue weighted by Crippen LogP contribution is -2.35. The third-order valence-electron chi connectivity index (χ3n) is 4.15. The van der Waals surface area contributed by atoms with Crippen LogP contribution in [0.4, 0.5) is 0 Å². The standard InChI is InChI=1S/C15H19ClO3/c1-9(2)15(3,14(17)18)8-11-7-12(16)6-10-4-5-19-13(10)11/h6-7,9H,4-5,8H2,1-3H3,(H,17,18). The number of aliphatic carboxylic acids is 1. The third kappa shape index (κ3) is 2.57. The van der Waals surface area contributed by atoms with Crippen molar-refractivity contribution in [1.82, 2.24) is 0 Å². The highest BCUT2D eigenvalue weighted by molar-refractivity contribution is 6.30. The van der Waals surface area contributed by atoms with Gasteiger partial charge in [0.05, 0.1) is 12.0 Å². The van der Waals surface area contributed by atoms with Gasteiger partial charge in [0.25, 0.3) is 0 Å². The van der Waals surface area contributed by atoms with E-state index in [4.69, 9.17) is 16.3 Å². The Hall–Kier alpha value is -1.22. The molecule has 1 N–H and O–H groups in total. The zero-order chi connectivity index (χ0) is 14.2. The molecule has 104 valence electrons. The van der Waals surface area contributed by atoms with Crippen molar-refractivity contribution in [3.05, 3.63) is 28.3 Å². The van der Waals surface area contributed by atoms with E-state index in [1.807, 2.05) is 26.0 Å². The van der Waals surface area contributed by atoms with Crippen LogP contribution in [0.25, 0.3) is 0 Å². The molecule has 2 rings (SSSR count). The molecule has 3 nitrogen and oxygen atoms in total. The van der Waals surface area contributed by atoms with E-state index in [-0.39, 0.29) is 5.92 Å². The highest BCUT2D eigenvalue weighted by atomic mass is 35.5. The van der Waals surface area contributed by atoms with Gasteiger partial charge in [-0.2, -0.15) is 0 Å². The first kappa shape index (κ1) is 14.2. The summed E-state index contributed by atoms with van der Waals surface area (Å²) in [4.78, 5) is 11.6. The lowest BCUT2D eigenvalue weighted by Gasteiger charge is -2.29. The SMILES string of the molecule is CC(C)C(C)(Cc1cc(Cl)cc2c1OCC2)C(=O)O. The number of ether oxygens (including phenoxy) is 1. The highest BCUT2D eigenvalue weighted by Crippen LogP contribution is 2.39. The van der Waals surface area contributed by atoms with Crippen LogP contribution in [0, 0.1) is 11.3 Å². The fourth-order valence-corrected chi connectivity index (χ4v) is 2.66. The van der Waals surface area contributed by atoms with E-state index in [0.29, 0.717) is 18.1 Å². The fraction of sp³-hybridized carbons (Fsp3) is 0.533. The zero-order valence-corrected chi connectivity index (χ0v) is 12.3. The molecule has 1 unspecified atom stereocenters. The summed E-state index contributed by atoms with van der Waals surface area (Å²) in [6.07, 6.45) is 1.28. The van der Waals surface area contributed by atoms with Crippen molar-refractivity contribution in [1.29, 1.82) is 0 Å². The third-order valence-corrected chi connectivity index (χ3v) is 4.36. The number of carbonyl (C=O) groups is 1. The molecule has 0 saturated heterocycles. The van der Waals surface area contributed by atoms with Crippen LogP contribution >= 0.6 is 11.6 Å². The molecule has 19 heavy (non-hydrogen) atoms. The normalized spacial score (nSPS) is 16.9. The molecule has 1 heterocycles. The van der Waals surface area contributed by atoms with Gasteiger partial charge in [-0.3, -0.25) is 4.79 Å². The molecule has 0 aromatic heterocycles. The number of halogens is 1. The van der Waals surface area contributed by atoms with Crippen LogP contribution in [0.5, 0.6) is 5.75 Å². The number of carboxylic acid groups (broad SMARTS) is 1. The molecule has 0 amide bonds. The second kappa shape index (κ2) is 5.04. The minimum atomic E-state index is -0.815. The molecule has 0 fully saturated rings. The van der Waals surface area contributed by atoms with Crippen molar-refractivity contribution in [3.63, 3.8) is 0 Å². The van der Waals surface area contributed by atoms with Gasteiger partial charge in [0, 0.05) is 11.4 Å². The molecule has 0 bridgehead atoms. The molecule has 0 aliphatic carbocycles. The number of carboxylic acids is 1. The van der Waals surface area contributed by atoms with E-state index in [1.165, 1.54) is 0 Å². The van der Waals surface area contributed by atoms with Gasteiger partial charge in [-0.15, -0.1) is 0 Å². The van der Waals surface area contributed by atoms with Crippen molar-refractivity contribution in [2.75, 3.05) is 6.61 Å². The van der Waals surface area contributed by atoms with E-state index < -0.39 is 11.4 Å². The molecular weight excluding hydrogens is 264 g/mol. The van der Waals surface area contributed by atoms with Crippen LogP contribution < -0.4 is 4.74 Å². The first-order chi connectivity index (χ1) is 8.84. The Balaban J connectivity index is 2.41. The fourth-order valence-electron chi connectivity index (χ4n) is 2.40. The van der Waals surface area contributed by atoms with Crippen molar-refractivity contribution >= 4 is 17.6 Å². The van der Waals surface area contributed by atoms with Gasteiger partial charge in [-0.05, 0) is 42.5 Å². The Morgan fingerprint density at radius 1 is 1.53 bits per heavy atom. The minimum absolute atomic E-state index is 0.0287. The highest BCUT2D eigenvalue weighted by Gasteiger charge is 2.38. The quantitative estimate of drug-likeness (QED) is 0.918. The molecule has 1 aromatic carbocycles. The molecule has 1 aliphatic heterocycles. The van der Waals surface area contributed by atoms with Crippen molar-refractivity contribution < 1.29 is 14.6 Å². The Bertz CT molecular complexity index is 510. The second-order valence-corrected chi connectivity index (χ2v) is 6.14. The van der Waals surface area contributed by atoms with Gasteiger partial charge < -0.3 is 9.84 Å². The van der Waals surface area contributed by atoms with Crippen molar-refractivity contribution in [2.24, 2.45) is 11.3 Å². The van der Waals surface area contributed by atoms with Gasteiger partial charge >= 0.3 is 5.97 Å². The van der Waals surface area contributed by atoms with E-state index in [9.17, 15) is 9.90 Å². The summed E-state index contributed by atoms with van der Waals surface area (Å²) in [6.45, 7) is 6.29. The first-order valence-electron chi connectivity index (χ1n) is 6.52. The average molecular weight is 283 g/mol. The van der Waals surface area contributed by atoms with Crippen LogP contribution in [0.1, 0.15) is 31.9 Å². The van der Waals surface area contributed by atoms with Crippen LogP contribution in [0.3, 0.4) is 0 Å². The van der Waals surface area contributed by atoms with Crippen molar-refractivity contribution in [2.45, 2.75) is 33.6 Å². The summed E-state index contributed by atoms with van der Waals surface area (Å²) in [5, 5.41) is 10.2. The summed E-state index contributed by atoms with van der Waals surface area (Å²) in [5.74, 6) is 0.0767. The van der Waals surface area contributed by atoms with Crippen LogP contribution in [0.2, 0.25) is 5.02 Å². The molecule has 1 aromatic rings. The van der Waals surface area contributed by atoms with Crippen LogP contribution in [-0.2, 0) is 17.6 Å². The zero-order valence-electron chi connectivity index (χ0n) is 11.5. The summed E-state index contributed by atoms with van der Waals surface area (Å²) in [5.41, 5.74) is 1.17. The maximum Gasteiger partial charge on any atom is 0.309 e. The molecule has 0 spiro atoms. The molecule has 0 saturated carbocycles. The number of hydrogen-bond donors (Lipinski definition) is 1. The first-order valence-corrected chi connectivity index (χ1v) is 6.90. The Morgan fingerprint density at radius 3 is 2.79 bits per heavy atom. The summed E-state index contributed by atoms with van der Waals surface area (Å²) in [7, 11) is 0.